The molecule has 150 valence electrons. The van der Waals surface area contributed by atoms with Crippen LogP contribution in [0.1, 0.15) is 24.5 Å². The summed E-state index contributed by atoms with van der Waals surface area (Å²) in [5, 5.41) is 0.360. The molecule has 0 radical (unpaired) electrons. The van der Waals surface area contributed by atoms with E-state index in [-0.39, 0.29) is 29.9 Å². The maximum atomic E-state index is 12.5. The largest absolute Gasteiger partial charge is 0.370 e. The second-order valence-electron chi connectivity index (χ2n) is 6.57. The number of hydrogen-bond acceptors (Lipinski definition) is 4. The van der Waals surface area contributed by atoms with Crippen LogP contribution in [0.25, 0.3) is 0 Å². The number of carbonyl (C=O) groups is 1. The maximum Gasteiger partial charge on any atom is 0.240 e. The van der Waals surface area contributed by atoms with E-state index in [1.807, 2.05) is 30.3 Å². The van der Waals surface area contributed by atoms with Crippen LogP contribution in [0.3, 0.4) is 0 Å². The molecule has 0 bridgehead atoms. The van der Waals surface area contributed by atoms with Gasteiger partial charge in [0.05, 0.1) is 18.0 Å². The molecule has 0 saturated carbocycles. The highest BCUT2D eigenvalue weighted by molar-refractivity contribution is 7.89. The number of sulfonamides is 1. The number of nitrogens with zero attached hydrogens (tertiary/aromatic N) is 1. The molecule has 1 N–H and O–H groups in total. The van der Waals surface area contributed by atoms with Gasteiger partial charge in [0.15, 0.2) is 0 Å². The van der Waals surface area contributed by atoms with E-state index >= 15 is 0 Å². The second kappa shape index (κ2) is 9.52. The molecule has 1 heterocycles. The quantitative estimate of drug-likeness (QED) is 0.696. The lowest BCUT2D eigenvalue weighted by atomic mass is 10.1. The predicted molar refractivity (Wildman–Crippen MR) is 108 cm³/mol. The van der Waals surface area contributed by atoms with Crippen molar-refractivity contribution in [3.05, 3.63) is 65.2 Å². The van der Waals surface area contributed by atoms with E-state index in [1.165, 1.54) is 12.1 Å². The third-order valence-corrected chi connectivity index (χ3v) is 6.25. The number of hydrogen-bond donors (Lipinski definition) is 1. The Kier molecular flexibility index (Phi) is 7.07. The molecule has 6 nitrogen and oxygen atoms in total. The Morgan fingerprint density at radius 2 is 1.96 bits per heavy atom. The smallest absolute Gasteiger partial charge is 0.240 e. The van der Waals surface area contributed by atoms with Gasteiger partial charge in [-0.3, -0.25) is 4.79 Å². The van der Waals surface area contributed by atoms with Gasteiger partial charge in [-0.1, -0.05) is 48.0 Å². The second-order valence-corrected chi connectivity index (χ2v) is 8.77. The number of halogens is 1. The topological polar surface area (TPSA) is 75.7 Å². The van der Waals surface area contributed by atoms with Crippen molar-refractivity contribution in [2.24, 2.45) is 0 Å². The van der Waals surface area contributed by atoms with E-state index in [0.717, 1.165) is 5.56 Å². The first kappa shape index (κ1) is 20.8. The Hall–Kier alpha value is -1.93. The average molecular weight is 423 g/mol. The van der Waals surface area contributed by atoms with Crippen LogP contribution in [-0.4, -0.2) is 45.5 Å². The molecular formula is C20H23ClN2O4S. The van der Waals surface area contributed by atoms with Gasteiger partial charge in [0.1, 0.15) is 6.10 Å². The number of rotatable bonds is 7. The fourth-order valence-corrected chi connectivity index (χ4v) is 4.44. The van der Waals surface area contributed by atoms with Crippen molar-refractivity contribution in [3.63, 3.8) is 0 Å². The number of carbonyl (C=O) groups excluding carboxylic acids is 1. The molecule has 28 heavy (non-hydrogen) atoms. The van der Waals surface area contributed by atoms with Gasteiger partial charge in [-0.2, -0.15) is 0 Å². The Bertz CT molecular complexity index is 905. The number of morpholine rings is 1. The van der Waals surface area contributed by atoms with Crippen LogP contribution in [0.5, 0.6) is 0 Å². The number of amides is 1. The third-order valence-electron chi connectivity index (χ3n) is 4.56. The van der Waals surface area contributed by atoms with Crippen molar-refractivity contribution in [2.75, 3.05) is 26.2 Å². The minimum Gasteiger partial charge on any atom is -0.370 e. The van der Waals surface area contributed by atoms with Crippen LogP contribution in [0, 0.1) is 0 Å². The fourth-order valence-electron chi connectivity index (χ4n) is 3.07. The minimum absolute atomic E-state index is 0.00573. The SMILES string of the molecule is O=C(CCCNS(=O)(=O)c1cccc(Cl)c1)N1CCOC(c2ccccc2)C1. The average Bonchev–Trinajstić information content (AvgIpc) is 2.72. The standard InChI is InChI=1S/C20H23ClN2O4S/c21-17-8-4-9-18(14-17)28(25,26)22-11-5-10-20(24)23-12-13-27-19(15-23)16-6-2-1-3-7-16/h1-4,6-9,14,19,22H,5,10-13,15H2. The van der Waals surface area contributed by atoms with E-state index in [2.05, 4.69) is 4.72 Å². The molecule has 1 aliphatic rings. The zero-order valence-electron chi connectivity index (χ0n) is 15.4. The van der Waals surface area contributed by atoms with Crippen molar-refractivity contribution in [2.45, 2.75) is 23.8 Å². The molecule has 0 aliphatic carbocycles. The van der Waals surface area contributed by atoms with Gasteiger partial charge in [0, 0.05) is 24.5 Å². The van der Waals surface area contributed by atoms with E-state index in [0.29, 0.717) is 31.1 Å². The summed E-state index contributed by atoms with van der Waals surface area (Å²) in [6.07, 6.45) is 0.575. The highest BCUT2D eigenvalue weighted by Gasteiger charge is 2.25. The van der Waals surface area contributed by atoms with Gasteiger partial charge < -0.3 is 9.64 Å². The Morgan fingerprint density at radius 3 is 2.71 bits per heavy atom. The Labute approximate surface area is 170 Å². The van der Waals surface area contributed by atoms with E-state index in [4.69, 9.17) is 16.3 Å². The fraction of sp³-hybridized carbons (Fsp3) is 0.350. The molecule has 1 aliphatic heterocycles. The van der Waals surface area contributed by atoms with Crippen molar-refractivity contribution in [3.8, 4) is 0 Å². The molecule has 1 fully saturated rings. The number of ether oxygens (including phenoxy) is 1. The van der Waals surface area contributed by atoms with Crippen molar-refractivity contribution in [1.29, 1.82) is 0 Å². The molecular weight excluding hydrogens is 400 g/mol. The highest BCUT2D eigenvalue weighted by Crippen LogP contribution is 2.22. The van der Waals surface area contributed by atoms with Gasteiger partial charge in [0.25, 0.3) is 0 Å². The zero-order chi connectivity index (χ0) is 20.0. The van der Waals surface area contributed by atoms with Crippen molar-refractivity contribution in [1.82, 2.24) is 9.62 Å². The summed E-state index contributed by atoms with van der Waals surface area (Å²) in [6, 6.07) is 15.9. The highest BCUT2D eigenvalue weighted by atomic mass is 35.5. The van der Waals surface area contributed by atoms with E-state index < -0.39 is 10.0 Å². The van der Waals surface area contributed by atoms with Gasteiger partial charge >= 0.3 is 0 Å². The van der Waals surface area contributed by atoms with E-state index in [9.17, 15) is 13.2 Å². The normalized spacial score (nSPS) is 17.5. The summed E-state index contributed by atoms with van der Waals surface area (Å²) >= 11 is 5.84. The van der Waals surface area contributed by atoms with Crippen LogP contribution in [-0.2, 0) is 19.6 Å². The lowest BCUT2D eigenvalue weighted by Gasteiger charge is -2.33. The first-order valence-electron chi connectivity index (χ1n) is 9.15. The molecule has 2 aromatic carbocycles. The van der Waals surface area contributed by atoms with E-state index in [1.54, 1.807) is 17.0 Å². The third kappa shape index (κ3) is 5.54. The number of nitrogens with one attached hydrogen (secondary N) is 1. The monoisotopic (exact) mass is 422 g/mol. The molecule has 1 amide bonds. The first-order chi connectivity index (χ1) is 13.5. The molecule has 1 unspecified atom stereocenters. The Balaban J connectivity index is 1.46. The summed E-state index contributed by atoms with van der Waals surface area (Å²) in [6.45, 7) is 1.74. The van der Waals surface area contributed by atoms with Crippen LogP contribution in [0.15, 0.2) is 59.5 Å². The molecule has 0 spiro atoms. The van der Waals surface area contributed by atoms with Crippen molar-refractivity contribution >= 4 is 27.5 Å². The van der Waals surface area contributed by atoms with Gasteiger partial charge in [-0.05, 0) is 30.2 Å². The maximum absolute atomic E-state index is 12.5. The first-order valence-corrected chi connectivity index (χ1v) is 11.0. The number of benzene rings is 2. The van der Waals surface area contributed by atoms with Crippen LogP contribution < -0.4 is 4.72 Å². The Morgan fingerprint density at radius 1 is 1.18 bits per heavy atom. The van der Waals surface area contributed by atoms with Crippen LogP contribution >= 0.6 is 11.6 Å². The predicted octanol–water partition coefficient (Wildman–Crippen LogP) is 3.00. The summed E-state index contributed by atoms with van der Waals surface area (Å²) in [5.41, 5.74) is 1.05. The molecule has 0 aromatic heterocycles. The molecule has 2 aromatic rings. The summed E-state index contributed by atoms with van der Waals surface area (Å²) in [4.78, 5) is 14.4. The lowest BCUT2D eigenvalue weighted by molar-refractivity contribution is -0.139. The van der Waals surface area contributed by atoms with Crippen LogP contribution in [0.2, 0.25) is 5.02 Å². The minimum atomic E-state index is -3.63. The van der Waals surface area contributed by atoms with Crippen molar-refractivity contribution < 1.29 is 17.9 Å². The summed E-state index contributed by atoms with van der Waals surface area (Å²) in [5.74, 6) is 0.00573. The summed E-state index contributed by atoms with van der Waals surface area (Å²) in [7, 11) is -3.63. The molecule has 3 rings (SSSR count). The van der Waals surface area contributed by atoms with Crippen LogP contribution in [0.4, 0.5) is 0 Å². The zero-order valence-corrected chi connectivity index (χ0v) is 17.0. The van der Waals surface area contributed by atoms with Gasteiger partial charge in [0.2, 0.25) is 15.9 Å². The summed E-state index contributed by atoms with van der Waals surface area (Å²) < 4.78 is 32.8. The van der Waals surface area contributed by atoms with Gasteiger partial charge in [-0.15, -0.1) is 0 Å². The molecule has 1 saturated heterocycles. The van der Waals surface area contributed by atoms with Gasteiger partial charge in [-0.25, -0.2) is 13.1 Å². The lowest BCUT2D eigenvalue weighted by Crippen LogP contribution is -2.42. The molecule has 8 heteroatoms. The molecule has 1 atom stereocenters.